The average Bonchev–Trinajstić information content (AvgIpc) is 2.86. The number of hydrogen-bond acceptors (Lipinski definition) is 4. The molecule has 1 aromatic heterocycles. The number of aryl methyl sites for hydroxylation is 1. The lowest BCUT2D eigenvalue weighted by molar-refractivity contribution is 0.00578. The zero-order chi connectivity index (χ0) is 19.6. The van der Waals surface area contributed by atoms with E-state index in [1.54, 1.807) is 27.7 Å². The molecule has 1 fully saturated rings. The molecule has 0 bridgehead atoms. The van der Waals surface area contributed by atoms with Gasteiger partial charge in [-0.3, -0.25) is 4.98 Å². The van der Waals surface area contributed by atoms with E-state index in [2.05, 4.69) is 4.98 Å². The number of nitrogens with zero attached hydrogens (tertiary/aromatic N) is 1. The average molecular weight is 261 g/mol. The summed E-state index contributed by atoms with van der Waals surface area (Å²) in [6, 6.07) is 0. The predicted octanol–water partition coefficient (Wildman–Crippen LogP) is 2.39. The molecule has 0 aromatic carbocycles. The largest absolute Gasteiger partial charge is 0.507 e. The third-order valence-corrected chi connectivity index (χ3v) is 3.98. The minimum atomic E-state index is -3.21. The molecule has 0 spiro atoms. The minimum absolute atomic E-state index is 0.0711. The van der Waals surface area contributed by atoms with Gasteiger partial charge in [-0.05, 0) is 34.1 Å². The van der Waals surface area contributed by atoms with Crippen molar-refractivity contribution in [1.82, 2.24) is 4.98 Å². The fourth-order valence-electron chi connectivity index (χ4n) is 1.48. The van der Waals surface area contributed by atoms with Crippen molar-refractivity contribution in [2.45, 2.75) is 58.5 Å². The highest BCUT2D eigenvalue weighted by Crippen LogP contribution is 2.37. The lowest BCUT2D eigenvalue weighted by atomic mass is 9.85. The zero-order valence-corrected chi connectivity index (χ0v) is 11.1. The van der Waals surface area contributed by atoms with Crippen LogP contribution in [0.3, 0.4) is 0 Å². The van der Waals surface area contributed by atoms with E-state index >= 15 is 0 Å². The molecule has 1 saturated heterocycles. The van der Waals surface area contributed by atoms with Crippen molar-refractivity contribution < 1.29 is 20.3 Å². The van der Waals surface area contributed by atoms with Gasteiger partial charge in [0.15, 0.2) is 0 Å². The molecule has 1 aliphatic rings. The summed E-state index contributed by atoms with van der Waals surface area (Å²) in [5.74, 6) is 0. The van der Waals surface area contributed by atoms with E-state index in [0.29, 0.717) is 0 Å². The predicted molar refractivity (Wildman–Crippen MR) is 71.8 cm³/mol. The highest BCUT2D eigenvalue weighted by molar-refractivity contribution is 7.20. The topological polar surface area (TPSA) is 31.4 Å². The van der Waals surface area contributed by atoms with Gasteiger partial charge in [-0.25, -0.2) is 0 Å². The zero-order valence-electron chi connectivity index (χ0n) is 18.2. The normalized spacial score (nSPS) is 31.4. The summed E-state index contributed by atoms with van der Waals surface area (Å²) >= 11 is 0.782. The molecule has 0 amide bonds. The van der Waals surface area contributed by atoms with Crippen LogP contribution in [0.2, 0.25) is 0 Å². The molecule has 0 unspecified atom stereocenters. The highest BCUT2D eigenvalue weighted by Gasteiger charge is 2.52. The second-order valence-corrected chi connectivity index (χ2v) is 5.68. The van der Waals surface area contributed by atoms with E-state index in [4.69, 9.17) is 20.3 Å². The maximum Gasteiger partial charge on any atom is 0.507 e. The fourth-order valence-corrected chi connectivity index (χ4v) is 2.10. The summed E-state index contributed by atoms with van der Waals surface area (Å²) in [6.45, 7) is 3.98. The summed E-state index contributed by atoms with van der Waals surface area (Å²) in [6.07, 6.45) is -6.17. The van der Waals surface area contributed by atoms with E-state index < -0.39 is 43.6 Å². The third-order valence-electron chi connectivity index (χ3n) is 3.19. The van der Waals surface area contributed by atoms with E-state index in [-0.39, 0.29) is 10.3 Å². The Morgan fingerprint density at radius 2 is 2.12 bits per heavy atom. The standard InChI is InChI=1S/C12H20BNO2S/c1-6-7-9-10(17-8-14-9)13-15-11(2,3)12(4,5)16-13/h8H,6-7H2,1-5H3/i1D3,6D2,7D2,8D. The third kappa shape index (κ3) is 2.28. The van der Waals surface area contributed by atoms with E-state index in [0.717, 1.165) is 11.3 Å². The Hall–Kier alpha value is -0.385. The summed E-state index contributed by atoms with van der Waals surface area (Å²) in [5.41, 5.74) is -2.19. The van der Waals surface area contributed by atoms with Crippen molar-refractivity contribution in [2.75, 3.05) is 0 Å². The van der Waals surface area contributed by atoms with Gasteiger partial charge in [0.05, 0.1) is 28.5 Å². The van der Waals surface area contributed by atoms with Gasteiger partial charge in [0.1, 0.15) is 0 Å². The van der Waals surface area contributed by atoms with Crippen LogP contribution in [0.25, 0.3) is 0 Å². The van der Waals surface area contributed by atoms with Crippen LogP contribution >= 0.6 is 11.3 Å². The molecule has 94 valence electrons. The fraction of sp³-hybridized carbons (Fsp3) is 0.750. The molecule has 1 aromatic rings. The first kappa shape index (κ1) is 6.17. The molecule has 0 atom stereocenters. The van der Waals surface area contributed by atoms with Gasteiger partial charge >= 0.3 is 7.12 Å². The van der Waals surface area contributed by atoms with Gasteiger partial charge in [-0.1, -0.05) is 13.2 Å². The molecular formula is C12H20BNO2S. The second-order valence-electron chi connectivity index (χ2n) is 4.86. The Kier molecular flexibility index (Phi) is 1.59. The van der Waals surface area contributed by atoms with Crippen molar-refractivity contribution in [2.24, 2.45) is 0 Å². The van der Waals surface area contributed by atoms with Gasteiger partial charge in [0.25, 0.3) is 0 Å². The maximum absolute atomic E-state index is 8.12. The Balaban J connectivity index is 2.53. The molecule has 2 heterocycles. The van der Waals surface area contributed by atoms with Crippen LogP contribution in [0.1, 0.15) is 57.6 Å². The Morgan fingerprint density at radius 1 is 1.47 bits per heavy atom. The summed E-state index contributed by atoms with van der Waals surface area (Å²) in [5, 5.41) is 0. The minimum Gasteiger partial charge on any atom is -0.399 e. The van der Waals surface area contributed by atoms with Crippen LogP contribution in [0.5, 0.6) is 0 Å². The molecule has 17 heavy (non-hydrogen) atoms. The van der Waals surface area contributed by atoms with Crippen LogP contribution in [0, 0.1) is 0 Å². The van der Waals surface area contributed by atoms with Crippen LogP contribution in [-0.4, -0.2) is 23.3 Å². The molecule has 3 nitrogen and oxygen atoms in total. The van der Waals surface area contributed by atoms with Crippen molar-refractivity contribution in [1.29, 1.82) is 0 Å². The number of thiazole rings is 1. The Labute approximate surface area is 119 Å². The van der Waals surface area contributed by atoms with Crippen LogP contribution in [-0.2, 0) is 15.7 Å². The summed E-state index contributed by atoms with van der Waals surface area (Å²) in [7, 11) is -1.06. The summed E-state index contributed by atoms with van der Waals surface area (Å²) < 4.78 is 73.3. The number of aromatic nitrogens is 1. The van der Waals surface area contributed by atoms with Gasteiger partial charge in [0, 0.05) is 9.60 Å². The Morgan fingerprint density at radius 3 is 2.71 bits per heavy atom. The maximum atomic E-state index is 8.12. The molecule has 5 heteroatoms. The van der Waals surface area contributed by atoms with Gasteiger partial charge in [-0.15, -0.1) is 11.3 Å². The van der Waals surface area contributed by atoms with Gasteiger partial charge in [0.2, 0.25) is 0 Å². The van der Waals surface area contributed by atoms with Crippen LogP contribution < -0.4 is 4.78 Å². The lowest BCUT2D eigenvalue weighted by Crippen LogP contribution is -2.41. The first-order valence-electron chi connectivity index (χ1n) is 9.27. The van der Waals surface area contributed by atoms with Crippen LogP contribution in [0.4, 0.5) is 0 Å². The molecule has 0 saturated carbocycles. The molecule has 0 N–H and O–H groups in total. The van der Waals surface area contributed by atoms with Gasteiger partial charge < -0.3 is 9.31 Å². The monoisotopic (exact) mass is 261 g/mol. The van der Waals surface area contributed by atoms with Crippen molar-refractivity contribution in [3.05, 3.63) is 11.2 Å². The SMILES string of the molecule is [2H]c1nc(C([2H])([2H])C([2H])([2H])C([2H])([2H])[2H])c(B2OC(C)(C)C(C)(C)O2)s1. The number of hydrogen-bond donors (Lipinski definition) is 0. The molecular weight excluding hydrogens is 233 g/mol. The second kappa shape index (κ2) is 4.37. The molecule has 0 radical (unpaired) electrons. The summed E-state index contributed by atoms with van der Waals surface area (Å²) in [4.78, 5) is 3.76. The Bertz CT molecular complexity index is 657. The van der Waals surface area contributed by atoms with Crippen LogP contribution in [0.15, 0.2) is 5.49 Å². The van der Waals surface area contributed by atoms with Crippen molar-refractivity contribution in [3.63, 3.8) is 0 Å². The first-order chi connectivity index (χ1) is 10.9. The molecule has 0 aliphatic carbocycles. The van der Waals surface area contributed by atoms with Gasteiger partial charge in [-0.2, -0.15) is 0 Å². The molecule has 2 rings (SSSR count). The number of rotatable bonds is 3. The smallest absolute Gasteiger partial charge is 0.399 e. The quantitative estimate of drug-likeness (QED) is 0.783. The molecule has 1 aliphatic heterocycles. The lowest BCUT2D eigenvalue weighted by Gasteiger charge is -2.32. The van der Waals surface area contributed by atoms with E-state index in [1.165, 1.54) is 0 Å². The van der Waals surface area contributed by atoms with Crippen molar-refractivity contribution >= 4 is 23.2 Å². The first-order valence-corrected chi connectivity index (χ1v) is 6.09. The van der Waals surface area contributed by atoms with Crippen molar-refractivity contribution in [3.8, 4) is 0 Å². The van der Waals surface area contributed by atoms with E-state index in [9.17, 15) is 0 Å². The van der Waals surface area contributed by atoms with E-state index in [1.807, 2.05) is 0 Å². The highest BCUT2D eigenvalue weighted by atomic mass is 32.1.